The Kier molecular flexibility index (Phi) is 16.1. The van der Waals surface area contributed by atoms with Crippen LogP contribution in [0.2, 0.25) is 0 Å². The highest BCUT2D eigenvalue weighted by Gasteiger charge is 2.40. The lowest BCUT2D eigenvalue weighted by Crippen LogP contribution is -2.60. The second-order valence-electron chi connectivity index (χ2n) is 11.3. The van der Waals surface area contributed by atoms with Gasteiger partial charge < -0.3 is 60.3 Å². The maximum Gasteiger partial charge on any atom is 0.251 e. The van der Waals surface area contributed by atoms with Crippen LogP contribution in [0.15, 0.2) is 0 Å². The fourth-order valence-corrected chi connectivity index (χ4v) is 4.61. The summed E-state index contributed by atoms with van der Waals surface area (Å²) in [5, 5.41) is 70.5. The van der Waals surface area contributed by atoms with E-state index in [0.29, 0.717) is 25.9 Å². The first kappa shape index (κ1) is 37.5. The minimum atomic E-state index is -2.32. The van der Waals surface area contributed by atoms with Crippen LogP contribution in [0.1, 0.15) is 61.3 Å². The molecule has 0 aromatic rings. The quantitative estimate of drug-likeness (QED) is 0.0646. The smallest absolute Gasteiger partial charge is 0.251 e. The lowest BCUT2D eigenvalue weighted by atomic mass is 9.93. The van der Waals surface area contributed by atoms with E-state index in [2.05, 4.69) is 5.32 Å². The van der Waals surface area contributed by atoms with Crippen molar-refractivity contribution in [3.8, 4) is 0 Å². The van der Waals surface area contributed by atoms with Crippen molar-refractivity contribution in [1.29, 1.82) is 0 Å². The van der Waals surface area contributed by atoms with E-state index in [-0.39, 0.29) is 18.0 Å². The fraction of sp³-hybridized carbons (Fsp3) is 0.920. The molecule has 0 aromatic heterocycles. The molecule has 0 aliphatic rings. The fourth-order valence-electron chi connectivity index (χ4n) is 4.61. The van der Waals surface area contributed by atoms with Crippen molar-refractivity contribution < 1.29 is 54.8 Å². The molecule has 14 heteroatoms. The summed E-state index contributed by atoms with van der Waals surface area (Å²) >= 11 is 0. The highest BCUT2D eigenvalue weighted by Crippen LogP contribution is 2.27. The van der Waals surface area contributed by atoms with Gasteiger partial charge in [0.25, 0.3) is 5.91 Å². The Bertz CT molecular complexity index is 731. The molecule has 0 fully saturated rings. The molecule has 14 nitrogen and oxygen atoms in total. The average Bonchev–Trinajstić information content (AvgIpc) is 2.80. The Morgan fingerprint density at radius 2 is 1.54 bits per heavy atom. The van der Waals surface area contributed by atoms with Gasteiger partial charge in [-0.05, 0) is 61.6 Å². The monoisotopic (exact) mass is 569 g/mol. The van der Waals surface area contributed by atoms with Gasteiger partial charge in [0.15, 0.2) is 12.4 Å². The van der Waals surface area contributed by atoms with Gasteiger partial charge in [-0.25, -0.2) is 0 Å². The lowest BCUT2D eigenvalue weighted by molar-refractivity contribution is -0.324. The minimum absolute atomic E-state index is 0.0477. The van der Waals surface area contributed by atoms with Crippen LogP contribution in [0.25, 0.3) is 0 Å². The zero-order valence-electron chi connectivity index (χ0n) is 24.4. The summed E-state index contributed by atoms with van der Waals surface area (Å²) < 4.78 is 9.80. The Labute approximate surface area is 231 Å². The molecule has 232 valence electrons. The van der Waals surface area contributed by atoms with Crippen LogP contribution in [0, 0.1) is 0 Å². The molecule has 0 heterocycles. The van der Waals surface area contributed by atoms with Crippen LogP contribution < -0.4 is 5.32 Å². The largest absolute Gasteiger partial charge is 0.394 e. The number of nitrogens with zero attached hydrogens (tertiary/aromatic N) is 2. The zero-order valence-corrected chi connectivity index (χ0v) is 24.4. The Hall–Kier alpha value is -1.46. The van der Waals surface area contributed by atoms with Crippen LogP contribution in [-0.2, 0) is 19.1 Å². The van der Waals surface area contributed by atoms with Gasteiger partial charge in [-0.3, -0.25) is 9.59 Å². The normalized spacial score (nSPS) is 17.5. The Morgan fingerprint density at radius 1 is 0.974 bits per heavy atom. The molecule has 8 N–H and O–H groups in total. The predicted molar refractivity (Wildman–Crippen MR) is 141 cm³/mol. The van der Waals surface area contributed by atoms with Crippen LogP contribution in [0.5, 0.6) is 0 Å². The SMILES string of the molecule is CCC(=O)N(C(C)(C)C)C(C)(C)CN(C)CCCNC(=O)C(O)C(O)C(OC(OC(C)O)C(O)O)C(O)CO. The average molecular weight is 570 g/mol. The van der Waals surface area contributed by atoms with Crippen LogP contribution >= 0.6 is 0 Å². The molecule has 0 aromatic carbocycles. The van der Waals surface area contributed by atoms with Crippen molar-refractivity contribution in [2.24, 2.45) is 0 Å². The maximum absolute atomic E-state index is 12.6. The van der Waals surface area contributed by atoms with Gasteiger partial charge in [-0.15, -0.1) is 0 Å². The number of hydrogen-bond acceptors (Lipinski definition) is 12. The van der Waals surface area contributed by atoms with Crippen molar-refractivity contribution in [3.05, 3.63) is 0 Å². The first-order valence-corrected chi connectivity index (χ1v) is 13.1. The molecular weight excluding hydrogens is 518 g/mol. The van der Waals surface area contributed by atoms with E-state index in [1.54, 1.807) is 0 Å². The van der Waals surface area contributed by atoms with E-state index in [1.165, 1.54) is 0 Å². The van der Waals surface area contributed by atoms with E-state index in [1.807, 2.05) is 58.4 Å². The third kappa shape index (κ3) is 12.7. The summed E-state index contributed by atoms with van der Waals surface area (Å²) in [6, 6.07) is 0. The number of likely N-dealkylation sites (N-methyl/N-ethyl adjacent to an activating group) is 1. The number of hydrogen-bond donors (Lipinski definition) is 8. The Morgan fingerprint density at radius 3 is 1.97 bits per heavy atom. The number of carbonyl (C=O) groups excluding carboxylic acids is 2. The summed E-state index contributed by atoms with van der Waals surface area (Å²) in [6.45, 7) is 13.2. The molecule has 6 unspecified atom stereocenters. The van der Waals surface area contributed by atoms with E-state index in [0.717, 1.165) is 6.92 Å². The highest BCUT2D eigenvalue weighted by atomic mass is 16.8. The molecule has 0 aliphatic heterocycles. The second kappa shape index (κ2) is 16.7. The van der Waals surface area contributed by atoms with Gasteiger partial charge in [0.2, 0.25) is 18.5 Å². The zero-order chi connectivity index (χ0) is 30.7. The topological polar surface area (TPSA) is 213 Å². The molecule has 0 saturated heterocycles. The number of carbonyl (C=O) groups is 2. The summed E-state index contributed by atoms with van der Waals surface area (Å²) in [6.07, 6.45) is -12.9. The molecule has 0 aliphatic carbocycles. The minimum Gasteiger partial charge on any atom is -0.394 e. The van der Waals surface area contributed by atoms with Crippen LogP contribution in [0.4, 0.5) is 0 Å². The highest BCUT2D eigenvalue weighted by molar-refractivity contribution is 5.81. The number of amides is 2. The van der Waals surface area contributed by atoms with E-state index in [4.69, 9.17) is 9.47 Å². The standard InChI is InChI=1S/C25H51N3O11/c1-9-17(32)28(24(3,4)5)25(6,7)14-27(8)12-10-11-26-21(35)19(34)18(33)20(16(31)13-29)39-23(22(36)37)38-15(2)30/h15-16,18-20,22-23,29-31,33-34,36-37H,9-14H2,1-8H3,(H,26,35). The number of aliphatic hydroxyl groups is 7. The third-order valence-electron chi connectivity index (χ3n) is 5.86. The van der Waals surface area contributed by atoms with Gasteiger partial charge in [0.1, 0.15) is 18.3 Å². The third-order valence-corrected chi connectivity index (χ3v) is 5.86. The van der Waals surface area contributed by atoms with Crippen molar-refractivity contribution in [2.45, 2.75) is 116 Å². The number of nitrogens with one attached hydrogen (secondary N) is 1. The van der Waals surface area contributed by atoms with Crippen LogP contribution in [0.3, 0.4) is 0 Å². The summed E-state index contributed by atoms with van der Waals surface area (Å²) in [5.74, 6) is -0.944. The molecular formula is C25H51N3O11. The molecule has 6 atom stereocenters. The van der Waals surface area contributed by atoms with Gasteiger partial charge in [0, 0.05) is 25.0 Å². The molecule has 0 radical (unpaired) electrons. The number of rotatable bonds is 18. The van der Waals surface area contributed by atoms with Crippen molar-refractivity contribution in [1.82, 2.24) is 15.1 Å². The first-order chi connectivity index (χ1) is 17.8. The molecule has 0 saturated carbocycles. The van der Waals surface area contributed by atoms with Crippen molar-refractivity contribution >= 4 is 11.8 Å². The van der Waals surface area contributed by atoms with Gasteiger partial charge >= 0.3 is 0 Å². The summed E-state index contributed by atoms with van der Waals surface area (Å²) in [5.41, 5.74) is -0.838. The molecule has 0 rings (SSSR count). The predicted octanol–water partition coefficient (Wildman–Crippen LogP) is -2.31. The first-order valence-electron chi connectivity index (χ1n) is 13.1. The molecule has 0 bridgehead atoms. The van der Waals surface area contributed by atoms with Crippen molar-refractivity contribution in [2.75, 3.05) is 33.3 Å². The molecule has 0 spiro atoms. The van der Waals surface area contributed by atoms with Gasteiger partial charge in [-0.1, -0.05) is 6.92 Å². The second-order valence-corrected chi connectivity index (χ2v) is 11.3. The van der Waals surface area contributed by atoms with E-state index < -0.39 is 61.3 Å². The van der Waals surface area contributed by atoms with E-state index >= 15 is 0 Å². The van der Waals surface area contributed by atoms with Gasteiger partial charge in [-0.2, -0.15) is 0 Å². The summed E-state index contributed by atoms with van der Waals surface area (Å²) in [7, 11) is 1.89. The maximum atomic E-state index is 12.6. The summed E-state index contributed by atoms with van der Waals surface area (Å²) in [4.78, 5) is 28.9. The molecule has 39 heavy (non-hydrogen) atoms. The Balaban J connectivity index is 5.06. The van der Waals surface area contributed by atoms with E-state index in [9.17, 15) is 45.3 Å². The number of ether oxygens (including phenoxy) is 2. The van der Waals surface area contributed by atoms with Crippen LogP contribution in [-0.4, -0.2) is 145 Å². The lowest BCUT2D eigenvalue weighted by Gasteiger charge is -2.48. The molecule has 2 amide bonds. The van der Waals surface area contributed by atoms with Crippen molar-refractivity contribution in [3.63, 3.8) is 0 Å². The number of aliphatic hydroxyl groups excluding tert-OH is 6. The van der Waals surface area contributed by atoms with Gasteiger partial charge in [0.05, 0.1) is 12.1 Å².